The number of halogens is 1. The standard InChI is InChI=1S/C19H15ClN2O6/c1-10-4-3-5-11(2)15(10)21-16-14(20)18(24)28-19(16)27-17(23)12-6-8-13(9-7-12)22(25)26/h3-9,19,21H,1-2H3. The van der Waals surface area contributed by atoms with Crippen LogP contribution in [-0.4, -0.2) is 23.2 Å². The number of esters is 2. The van der Waals surface area contributed by atoms with E-state index in [1.54, 1.807) is 0 Å². The third-order valence-electron chi connectivity index (χ3n) is 4.13. The minimum Gasteiger partial charge on any atom is -0.415 e. The summed E-state index contributed by atoms with van der Waals surface area (Å²) < 4.78 is 10.3. The molecule has 0 spiro atoms. The highest BCUT2D eigenvalue weighted by molar-refractivity contribution is 6.42. The maximum Gasteiger partial charge on any atom is 0.355 e. The number of carbonyl (C=O) groups is 2. The van der Waals surface area contributed by atoms with Crippen molar-refractivity contribution in [1.29, 1.82) is 0 Å². The summed E-state index contributed by atoms with van der Waals surface area (Å²) in [5, 5.41) is 13.5. The Morgan fingerprint density at radius 2 is 1.79 bits per heavy atom. The molecule has 2 aromatic rings. The fourth-order valence-electron chi connectivity index (χ4n) is 2.65. The number of benzene rings is 2. The zero-order chi connectivity index (χ0) is 20.4. The van der Waals surface area contributed by atoms with Crippen molar-refractivity contribution in [1.82, 2.24) is 0 Å². The van der Waals surface area contributed by atoms with Crippen LogP contribution in [0.2, 0.25) is 0 Å². The lowest BCUT2D eigenvalue weighted by Gasteiger charge is -2.18. The lowest BCUT2D eigenvalue weighted by atomic mass is 10.1. The number of anilines is 1. The van der Waals surface area contributed by atoms with Crippen molar-refractivity contribution in [2.24, 2.45) is 0 Å². The number of ether oxygens (including phenoxy) is 2. The number of rotatable bonds is 5. The highest BCUT2D eigenvalue weighted by Gasteiger charge is 2.37. The minimum absolute atomic E-state index is 0.0658. The van der Waals surface area contributed by atoms with Crippen LogP contribution in [0.5, 0.6) is 0 Å². The second-order valence-corrected chi connectivity index (χ2v) is 6.44. The number of non-ortho nitro benzene ring substituents is 1. The molecule has 0 aromatic heterocycles. The van der Waals surface area contributed by atoms with Crippen LogP contribution in [0.3, 0.4) is 0 Å². The lowest BCUT2D eigenvalue weighted by Crippen LogP contribution is -2.24. The number of cyclic esters (lactones) is 1. The number of carbonyl (C=O) groups excluding carboxylic acids is 2. The van der Waals surface area contributed by atoms with E-state index in [0.29, 0.717) is 5.69 Å². The number of aryl methyl sites for hydroxylation is 2. The Balaban J connectivity index is 1.82. The predicted molar refractivity (Wildman–Crippen MR) is 101 cm³/mol. The van der Waals surface area contributed by atoms with E-state index >= 15 is 0 Å². The highest BCUT2D eigenvalue weighted by Crippen LogP contribution is 2.31. The van der Waals surface area contributed by atoms with Crippen molar-refractivity contribution in [2.75, 3.05) is 5.32 Å². The SMILES string of the molecule is Cc1cccc(C)c1NC1=C(Cl)C(=O)OC1OC(=O)c1ccc([N+](=O)[O-])cc1. The Morgan fingerprint density at radius 1 is 1.18 bits per heavy atom. The van der Waals surface area contributed by atoms with Gasteiger partial charge in [0, 0.05) is 17.8 Å². The maximum atomic E-state index is 12.4. The molecule has 28 heavy (non-hydrogen) atoms. The molecular formula is C19H15ClN2O6. The summed E-state index contributed by atoms with van der Waals surface area (Å²) >= 11 is 6.04. The van der Waals surface area contributed by atoms with E-state index in [0.717, 1.165) is 11.1 Å². The van der Waals surface area contributed by atoms with Gasteiger partial charge in [-0.2, -0.15) is 0 Å². The molecule has 0 saturated heterocycles. The molecule has 1 atom stereocenters. The zero-order valence-corrected chi connectivity index (χ0v) is 15.6. The van der Waals surface area contributed by atoms with Gasteiger partial charge in [-0.15, -0.1) is 0 Å². The van der Waals surface area contributed by atoms with Gasteiger partial charge >= 0.3 is 11.9 Å². The summed E-state index contributed by atoms with van der Waals surface area (Å²) in [6.07, 6.45) is -1.36. The Hall–Kier alpha value is -3.39. The highest BCUT2D eigenvalue weighted by atomic mass is 35.5. The molecule has 9 heteroatoms. The van der Waals surface area contributed by atoms with Gasteiger partial charge in [-0.3, -0.25) is 10.1 Å². The summed E-state index contributed by atoms with van der Waals surface area (Å²) in [6.45, 7) is 3.75. The average molecular weight is 403 g/mol. The molecule has 1 aliphatic heterocycles. The fourth-order valence-corrected chi connectivity index (χ4v) is 2.83. The summed E-state index contributed by atoms with van der Waals surface area (Å²) in [5.41, 5.74) is 2.53. The van der Waals surface area contributed by atoms with E-state index in [4.69, 9.17) is 21.1 Å². The summed E-state index contributed by atoms with van der Waals surface area (Å²) in [6, 6.07) is 10.5. The van der Waals surface area contributed by atoms with Gasteiger partial charge in [0.05, 0.1) is 10.5 Å². The third kappa shape index (κ3) is 3.81. The van der Waals surface area contributed by atoms with E-state index in [-0.39, 0.29) is 22.0 Å². The van der Waals surface area contributed by atoms with Gasteiger partial charge in [0.2, 0.25) is 0 Å². The molecule has 3 rings (SSSR count). The molecule has 1 aliphatic rings. The first-order valence-corrected chi connectivity index (χ1v) is 8.55. The van der Waals surface area contributed by atoms with Gasteiger partial charge < -0.3 is 14.8 Å². The molecule has 0 bridgehead atoms. The molecule has 0 amide bonds. The first-order valence-electron chi connectivity index (χ1n) is 8.17. The van der Waals surface area contributed by atoms with E-state index in [1.165, 1.54) is 24.3 Å². The van der Waals surface area contributed by atoms with E-state index in [1.807, 2.05) is 32.0 Å². The summed E-state index contributed by atoms with van der Waals surface area (Å²) in [7, 11) is 0. The quantitative estimate of drug-likeness (QED) is 0.460. The monoisotopic (exact) mass is 402 g/mol. The molecule has 0 fully saturated rings. The first-order chi connectivity index (χ1) is 13.3. The average Bonchev–Trinajstić information content (AvgIpc) is 2.92. The number of nitrogens with one attached hydrogen (secondary N) is 1. The number of nitro benzene ring substituents is 1. The summed E-state index contributed by atoms with van der Waals surface area (Å²) in [4.78, 5) is 34.4. The normalized spacial score (nSPS) is 16.0. The van der Waals surface area contributed by atoms with Crippen LogP contribution in [0.25, 0.3) is 0 Å². The van der Waals surface area contributed by atoms with E-state index < -0.39 is 23.2 Å². The van der Waals surface area contributed by atoms with Crippen LogP contribution in [0, 0.1) is 24.0 Å². The van der Waals surface area contributed by atoms with Gasteiger partial charge in [-0.05, 0) is 37.1 Å². The predicted octanol–water partition coefficient (Wildman–Crippen LogP) is 3.81. The molecule has 1 unspecified atom stereocenters. The van der Waals surface area contributed by atoms with Crippen molar-refractivity contribution in [3.63, 3.8) is 0 Å². The number of nitro groups is 1. The van der Waals surface area contributed by atoms with Crippen molar-refractivity contribution in [3.8, 4) is 0 Å². The molecular weight excluding hydrogens is 388 g/mol. The van der Waals surface area contributed by atoms with Crippen LogP contribution in [0.15, 0.2) is 53.2 Å². The van der Waals surface area contributed by atoms with Crippen molar-refractivity contribution in [2.45, 2.75) is 20.1 Å². The number of hydrogen-bond acceptors (Lipinski definition) is 7. The van der Waals surface area contributed by atoms with Crippen molar-refractivity contribution in [3.05, 3.63) is 80.0 Å². The van der Waals surface area contributed by atoms with E-state index in [2.05, 4.69) is 5.32 Å². The Bertz CT molecular complexity index is 980. The third-order valence-corrected chi connectivity index (χ3v) is 4.49. The van der Waals surface area contributed by atoms with Crippen LogP contribution >= 0.6 is 11.6 Å². The molecule has 0 aliphatic carbocycles. The van der Waals surface area contributed by atoms with Crippen molar-refractivity contribution < 1.29 is 24.0 Å². The van der Waals surface area contributed by atoms with Crippen LogP contribution < -0.4 is 5.32 Å². The topological polar surface area (TPSA) is 108 Å². The first kappa shape index (κ1) is 19.4. The molecule has 1 heterocycles. The maximum absolute atomic E-state index is 12.4. The van der Waals surface area contributed by atoms with Gasteiger partial charge in [-0.1, -0.05) is 29.8 Å². The van der Waals surface area contributed by atoms with Gasteiger partial charge in [-0.25, -0.2) is 9.59 Å². The van der Waals surface area contributed by atoms with E-state index in [9.17, 15) is 19.7 Å². The molecule has 8 nitrogen and oxygen atoms in total. The Labute approximate surface area is 164 Å². The van der Waals surface area contributed by atoms with Gasteiger partial charge in [0.25, 0.3) is 12.0 Å². The largest absolute Gasteiger partial charge is 0.415 e. The van der Waals surface area contributed by atoms with Gasteiger partial charge in [0.1, 0.15) is 5.70 Å². The summed E-state index contributed by atoms with van der Waals surface area (Å²) in [5.74, 6) is -1.64. The second kappa shape index (κ2) is 7.69. The number of para-hydroxylation sites is 1. The fraction of sp³-hybridized carbons (Fsp3) is 0.158. The smallest absolute Gasteiger partial charge is 0.355 e. The Morgan fingerprint density at radius 3 is 2.36 bits per heavy atom. The Kier molecular flexibility index (Phi) is 5.32. The zero-order valence-electron chi connectivity index (χ0n) is 14.9. The van der Waals surface area contributed by atoms with Crippen LogP contribution in [-0.2, 0) is 14.3 Å². The molecule has 0 saturated carbocycles. The molecule has 0 radical (unpaired) electrons. The van der Waals surface area contributed by atoms with Crippen LogP contribution in [0.1, 0.15) is 21.5 Å². The molecule has 1 N–H and O–H groups in total. The second-order valence-electron chi connectivity index (χ2n) is 6.07. The minimum atomic E-state index is -1.36. The molecule has 2 aromatic carbocycles. The molecule has 144 valence electrons. The lowest BCUT2D eigenvalue weighted by molar-refractivity contribution is -0.384. The van der Waals surface area contributed by atoms with Crippen LogP contribution in [0.4, 0.5) is 11.4 Å². The number of hydrogen-bond donors (Lipinski definition) is 1. The van der Waals surface area contributed by atoms with Crippen molar-refractivity contribution >= 4 is 34.9 Å². The van der Waals surface area contributed by atoms with Gasteiger partial charge in [0.15, 0.2) is 5.03 Å². The number of nitrogens with zero attached hydrogens (tertiary/aromatic N) is 1.